The molecule has 1 aliphatic rings. The van der Waals surface area contributed by atoms with Gasteiger partial charge in [-0.3, -0.25) is 14.9 Å². The average Bonchev–Trinajstić information content (AvgIpc) is 3.64. The molecule has 3 aromatic carbocycles. The second kappa shape index (κ2) is 16.9. The number of fused-ring (bicyclic) bond motifs is 1. The van der Waals surface area contributed by atoms with Gasteiger partial charge >= 0.3 is 5.97 Å². The van der Waals surface area contributed by atoms with Crippen LogP contribution >= 0.6 is 11.3 Å². The summed E-state index contributed by atoms with van der Waals surface area (Å²) in [5, 5.41) is 24.1. The van der Waals surface area contributed by atoms with Crippen LogP contribution in [0.4, 0.5) is 0 Å². The molecule has 1 atom stereocenters. The van der Waals surface area contributed by atoms with E-state index in [1.165, 1.54) is 32.4 Å². The maximum Gasteiger partial charge on any atom is 0.354 e. The number of methoxy groups -OCH3 is 2. The summed E-state index contributed by atoms with van der Waals surface area (Å²) in [5.41, 5.74) is -1.52. The third-order valence-electron chi connectivity index (χ3n) is 7.68. The SMILES string of the molecule is COCCOCOc1c(C#N)sc(C(Oc2cccc3c2C(=O)NC3=O)(C(=O)O)C(c2ccccc2)c2ccccc2)c1OCOCCOC. The van der Waals surface area contributed by atoms with Gasteiger partial charge in [-0.1, -0.05) is 66.7 Å². The zero-order valence-corrected chi connectivity index (χ0v) is 28.0. The molecule has 50 heavy (non-hydrogen) atoms. The standard InChI is InChI=1S/C36H34N2O11S/c1-43-16-18-45-21-47-30-27(20-37)50-32(31(30)48-22-46-19-17-44-2)36(35(41)42,49-26-15-9-14-25-28(26)34(40)38-33(25)39)29(23-10-5-3-6-11-23)24-12-7-4-8-13-24/h3-15,29H,16-19,21-22H2,1-2H3,(H,41,42)(H,38,39,40). The van der Waals surface area contributed by atoms with Gasteiger partial charge in [0.25, 0.3) is 17.4 Å². The fraction of sp³-hybridized carbons (Fsp3) is 0.278. The first-order valence-corrected chi connectivity index (χ1v) is 16.2. The molecule has 13 nitrogen and oxygen atoms in total. The van der Waals surface area contributed by atoms with Gasteiger partial charge in [0.2, 0.25) is 0 Å². The molecule has 0 aliphatic carbocycles. The van der Waals surface area contributed by atoms with Crippen LogP contribution in [0.15, 0.2) is 78.9 Å². The van der Waals surface area contributed by atoms with Crippen LogP contribution in [-0.4, -0.2) is 77.1 Å². The van der Waals surface area contributed by atoms with E-state index in [0.717, 1.165) is 11.3 Å². The molecular formula is C36H34N2O11S. The maximum absolute atomic E-state index is 14.2. The van der Waals surface area contributed by atoms with Crippen molar-refractivity contribution in [2.45, 2.75) is 11.5 Å². The summed E-state index contributed by atoms with van der Waals surface area (Å²) >= 11 is 0.785. The van der Waals surface area contributed by atoms with Crippen LogP contribution in [0.25, 0.3) is 0 Å². The molecule has 1 aromatic heterocycles. The molecule has 0 radical (unpaired) electrons. The van der Waals surface area contributed by atoms with Gasteiger partial charge < -0.3 is 38.3 Å². The lowest BCUT2D eigenvalue weighted by Gasteiger charge is -2.38. The predicted octanol–water partition coefficient (Wildman–Crippen LogP) is 4.69. The lowest BCUT2D eigenvalue weighted by molar-refractivity contribution is -0.158. The highest BCUT2D eigenvalue weighted by Gasteiger charge is 2.56. The van der Waals surface area contributed by atoms with Gasteiger partial charge in [0.1, 0.15) is 16.7 Å². The van der Waals surface area contributed by atoms with Crippen molar-refractivity contribution in [2.75, 3.05) is 54.2 Å². The van der Waals surface area contributed by atoms with E-state index in [0.29, 0.717) is 11.1 Å². The van der Waals surface area contributed by atoms with Crippen molar-refractivity contribution in [3.05, 3.63) is 111 Å². The van der Waals surface area contributed by atoms with E-state index in [1.807, 2.05) is 0 Å². The molecule has 2 heterocycles. The third-order valence-corrected chi connectivity index (χ3v) is 8.86. The number of carbonyl (C=O) groups excluding carboxylic acids is 2. The van der Waals surface area contributed by atoms with Crippen LogP contribution in [0.5, 0.6) is 17.2 Å². The summed E-state index contributed by atoms with van der Waals surface area (Å²) in [6, 6.07) is 24.0. The average molecular weight is 703 g/mol. The summed E-state index contributed by atoms with van der Waals surface area (Å²) in [5.74, 6) is -4.44. The quantitative estimate of drug-likeness (QED) is 0.0786. The van der Waals surface area contributed by atoms with Gasteiger partial charge in [-0.2, -0.15) is 5.26 Å². The summed E-state index contributed by atoms with van der Waals surface area (Å²) < 4.78 is 39.9. The Morgan fingerprint density at radius 2 is 1.40 bits per heavy atom. The molecule has 0 saturated carbocycles. The fourth-order valence-corrected chi connectivity index (χ4v) is 6.62. The highest BCUT2D eigenvalue weighted by molar-refractivity contribution is 7.13. The maximum atomic E-state index is 14.2. The molecule has 260 valence electrons. The summed E-state index contributed by atoms with van der Waals surface area (Å²) in [4.78, 5) is 39.9. The third kappa shape index (κ3) is 7.47. The van der Waals surface area contributed by atoms with E-state index in [2.05, 4.69) is 11.4 Å². The van der Waals surface area contributed by atoms with Crippen molar-refractivity contribution in [3.63, 3.8) is 0 Å². The van der Waals surface area contributed by atoms with Crippen LogP contribution in [0, 0.1) is 11.3 Å². The normalized spacial score (nSPS) is 13.3. The fourth-order valence-electron chi connectivity index (χ4n) is 5.48. The molecule has 0 fully saturated rings. The van der Waals surface area contributed by atoms with Gasteiger partial charge in [0.15, 0.2) is 30.0 Å². The number of imide groups is 1. The minimum Gasteiger partial charge on any atom is -0.478 e. The highest BCUT2D eigenvalue weighted by Crippen LogP contribution is 2.55. The number of carboxylic acid groups (broad SMARTS) is 1. The molecule has 1 unspecified atom stereocenters. The molecule has 0 saturated heterocycles. The molecule has 0 spiro atoms. The lowest BCUT2D eigenvalue weighted by Crippen LogP contribution is -2.47. The zero-order chi connectivity index (χ0) is 35.5. The van der Waals surface area contributed by atoms with Gasteiger partial charge in [-0.15, -0.1) is 11.3 Å². The largest absolute Gasteiger partial charge is 0.478 e. The number of hydrogen-bond donors (Lipinski definition) is 2. The second-order valence-electron chi connectivity index (χ2n) is 10.7. The molecule has 4 aromatic rings. The van der Waals surface area contributed by atoms with E-state index in [1.54, 1.807) is 60.7 Å². The van der Waals surface area contributed by atoms with Gasteiger partial charge in [0, 0.05) is 14.2 Å². The summed E-state index contributed by atoms with van der Waals surface area (Å²) in [6.45, 7) is 0.153. The first-order valence-electron chi connectivity index (χ1n) is 15.3. The zero-order valence-electron chi connectivity index (χ0n) is 27.2. The number of aliphatic carboxylic acids is 1. The van der Waals surface area contributed by atoms with Crippen molar-refractivity contribution in [1.29, 1.82) is 5.26 Å². The first kappa shape index (κ1) is 36.0. The Bertz CT molecular complexity index is 1800. The molecular weight excluding hydrogens is 668 g/mol. The van der Waals surface area contributed by atoms with Gasteiger partial charge in [0.05, 0.1) is 43.5 Å². The van der Waals surface area contributed by atoms with Crippen LogP contribution in [0.3, 0.4) is 0 Å². The molecule has 5 rings (SSSR count). The number of benzene rings is 3. The van der Waals surface area contributed by atoms with Gasteiger partial charge in [-0.05, 0) is 23.3 Å². The van der Waals surface area contributed by atoms with Gasteiger partial charge in [-0.25, -0.2) is 4.79 Å². The predicted molar refractivity (Wildman–Crippen MR) is 179 cm³/mol. The monoisotopic (exact) mass is 702 g/mol. The number of nitriles is 1. The Balaban J connectivity index is 1.80. The number of amides is 2. The number of nitrogens with zero attached hydrogens (tertiary/aromatic N) is 1. The number of nitrogens with one attached hydrogen (secondary N) is 1. The number of rotatable bonds is 19. The Hall–Kier alpha value is -5.30. The second-order valence-corrected chi connectivity index (χ2v) is 11.7. The summed E-state index contributed by atoms with van der Waals surface area (Å²) in [6.07, 6.45) is 0. The van der Waals surface area contributed by atoms with E-state index < -0.39 is 29.3 Å². The molecule has 1 aliphatic heterocycles. The number of hydrogen-bond acceptors (Lipinski definition) is 12. The van der Waals surface area contributed by atoms with Crippen LogP contribution in [-0.2, 0) is 29.3 Å². The Morgan fingerprint density at radius 3 is 1.94 bits per heavy atom. The van der Waals surface area contributed by atoms with E-state index in [9.17, 15) is 24.8 Å². The van der Waals surface area contributed by atoms with Crippen LogP contribution in [0.1, 0.15) is 47.5 Å². The smallest absolute Gasteiger partial charge is 0.354 e. The number of carboxylic acids is 1. The highest BCUT2D eigenvalue weighted by atomic mass is 32.1. The van der Waals surface area contributed by atoms with E-state index in [-0.39, 0.29) is 78.1 Å². The molecule has 0 bridgehead atoms. The van der Waals surface area contributed by atoms with Crippen LogP contribution < -0.4 is 19.5 Å². The minimum atomic E-state index is -2.46. The molecule has 2 amide bonds. The van der Waals surface area contributed by atoms with Crippen molar-refractivity contribution < 1.29 is 52.6 Å². The number of ether oxygens (including phenoxy) is 7. The Morgan fingerprint density at radius 1 is 0.820 bits per heavy atom. The minimum absolute atomic E-state index is 0.0203. The van der Waals surface area contributed by atoms with Crippen molar-refractivity contribution in [1.82, 2.24) is 5.32 Å². The topological polar surface area (TPSA) is 172 Å². The Kier molecular flexibility index (Phi) is 12.2. The van der Waals surface area contributed by atoms with E-state index in [4.69, 9.17) is 33.2 Å². The van der Waals surface area contributed by atoms with Crippen molar-refractivity contribution in [2.24, 2.45) is 0 Å². The number of carbonyl (C=O) groups is 3. The van der Waals surface area contributed by atoms with E-state index >= 15 is 0 Å². The van der Waals surface area contributed by atoms with Crippen molar-refractivity contribution >= 4 is 29.1 Å². The molecule has 14 heteroatoms. The molecule has 2 N–H and O–H groups in total. The Labute approximate surface area is 291 Å². The van der Waals surface area contributed by atoms with Crippen molar-refractivity contribution in [3.8, 4) is 23.3 Å². The lowest BCUT2D eigenvalue weighted by atomic mass is 9.75. The number of thiophene rings is 1. The first-order chi connectivity index (χ1) is 24.4. The summed E-state index contributed by atoms with van der Waals surface area (Å²) in [7, 11) is 3.03. The van der Waals surface area contributed by atoms with Crippen LogP contribution in [0.2, 0.25) is 0 Å².